The number of nitrogens with zero attached hydrogens (tertiary/aromatic N) is 6. The van der Waals surface area contributed by atoms with Crippen molar-refractivity contribution < 1.29 is 18.7 Å². The largest absolute Gasteiger partial charge is 0.496 e. The van der Waals surface area contributed by atoms with Gasteiger partial charge in [0.15, 0.2) is 0 Å². The van der Waals surface area contributed by atoms with Gasteiger partial charge in [-0.15, -0.1) is 4.80 Å². The fraction of sp³-hybridized carbons (Fsp3) is 0.448. The van der Waals surface area contributed by atoms with Crippen LogP contribution in [-0.4, -0.2) is 49.8 Å². The zero-order valence-electron chi connectivity index (χ0n) is 25.0. The molecule has 228 valence electrons. The van der Waals surface area contributed by atoms with Crippen LogP contribution in [0.3, 0.4) is 0 Å². The number of hydrogen-bond acceptors (Lipinski definition) is 9. The van der Waals surface area contributed by atoms with E-state index >= 15 is 0 Å². The van der Waals surface area contributed by atoms with Crippen molar-refractivity contribution in [1.29, 1.82) is 5.26 Å². The Morgan fingerprint density at radius 2 is 1.88 bits per heavy atom. The third kappa shape index (κ3) is 6.37. The number of aryl methyl sites for hydroxylation is 1. The van der Waals surface area contributed by atoms with E-state index < -0.39 is 40.5 Å². The molecule has 0 aliphatic rings. The number of halogens is 1. The highest BCUT2D eigenvalue weighted by atomic mass is 32.1. The molecule has 0 spiro atoms. The molecule has 3 heterocycles. The molecule has 0 unspecified atom stereocenters. The zero-order chi connectivity index (χ0) is 31.6. The zero-order valence-corrected chi connectivity index (χ0v) is 25.9. The van der Waals surface area contributed by atoms with E-state index in [1.165, 1.54) is 54.0 Å². The molecule has 4 rings (SSSR count). The first-order chi connectivity index (χ1) is 20.3. The highest BCUT2D eigenvalue weighted by Gasteiger charge is 2.30. The number of nitriles is 1. The Hall–Kier alpha value is -4.35. The van der Waals surface area contributed by atoms with Gasteiger partial charge < -0.3 is 14.8 Å². The van der Waals surface area contributed by atoms with Crippen molar-refractivity contribution in [2.75, 3.05) is 13.7 Å². The Morgan fingerprint density at radius 1 is 1.21 bits per heavy atom. The summed E-state index contributed by atoms with van der Waals surface area (Å²) in [7, 11) is 1.43. The first kappa shape index (κ1) is 31.6. The summed E-state index contributed by atoms with van der Waals surface area (Å²) in [5, 5.41) is 21.5. The second kappa shape index (κ2) is 12.5. The van der Waals surface area contributed by atoms with Gasteiger partial charge in [0.05, 0.1) is 49.5 Å². The molecular formula is C29H34FN7O5S. The van der Waals surface area contributed by atoms with Crippen molar-refractivity contribution in [3.05, 3.63) is 68.4 Å². The number of rotatable bonds is 11. The number of carbonyl (C=O) groups excluding carboxylic acids is 1. The summed E-state index contributed by atoms with van der Waals surface area (Å²) in [6.07, 6.45) is 1.99. The van der Waals surface area contributed by atoms with Crippen molar-refractivity contribution in [2.45, 2.75) is 66.3 Å². The monoisotopic (exact) mass is 611 g/mol. The molecule has 1 N–H and O–H groups in total. The molecule has 1 aromatic carbocycles. The predicted molar refractivity (Wildman–Crippen MR) is 159 cm³/mol. The van der Waals surface area contributed by atoms with Crippen LogP contribution in [0.5, 0.6) is 5.75 Å². The number of amides is 1. The van der Waals surface area contributed by atoms with Crippen LogP contribution in [-0.2, 0) is 16.1 Å². The molecule has 0 aliphatic carbocycles. The van der Waals surface area contributed by atoms with Crippen molar-refractivity contribution in [2.24, 2.45) is 5.41 Å². The average molecular weight is 612 g/mol. The highest BCUT2D eigenvalue weighted by molar-refractivity contribution is 7.21. The molecule has 0 radical (unpaired) electrons. The number of nitrogens with one attached hydrogen (secondary N) is 1. The van der Waals surface area contributed by atoms with E-state index in [1.54, 1.807) is 34.6 Å². The van der Waals surface area contributed by atoms with E-state index in [9.17, 15) is 24.0 Å². The molecule has 4 aromatic rings. The van der Waals surface area contributed by atoms with Gasteiger partial charge in [-0.25, -0.2) is 13.8 Å². The second-order valence-electron chi connectivity index (χ2n) is 11.1. The third-order valence-electron chi connectivity index (χ3n) is 6.85. The number of fused-ring (bicyclic) bond motifs is 1. The van der Waals surface area contributed by atoms with Crippen LogP contribution in [0.1, 0.15) is 57.9 Å². The maximum absolute atomic E-state index is 14.5. The minimum atomic E-state index is -1.15. The minimum absolute atomic E-state index is 0.0511. The van der Waals surface area contributed by atoms with Gasteiger partial charge in [0, 0.05) is 17.2 Å². The van der Waals surface area contributed by atoms with Crippen molar-refractivity contribution in [3.8, 4) is 16.8 Å². The number of hydrogen-bond donors (Lipinski definition) is 1. The van der Waals surface area contributed by atoms with Crippen LogP contribution in [0.4, 0.5) is 4.39 Å². The number of ether oxygens (including phenoxy) is 2. The first-order valence-electron chi connectivity index (χ1n) is 13.6. The highest BCUT2D eigenvalue weighted by Crippen LogP contribution is 2.35. The smallest absolute Gasteiger partial charge is 0.332 e. The Kier molecular flexibility index (Phi) is 9.17. The minimum Gasteiger partial charge on any atom is -0.496 e. The normalized spacial score (nSPS) is 13.2. The maximum Gasteiger partial charge on any atom is 0.332 e. The molecule has 2 atom stereocenters. The van der Waals surface area contributed by atoms with Crippen LogP contribution in [0, 0.1) is 29.5 Å². The summed E-state index contributed by atoms with van der Waals surface area (Å²) < 4.78 is 28.5. The van der Waals surface area contributed by atoms with Gasteiger partial charge >= 0.3 is 5.69 Å². The van der Waals surface area contributed by atoms with Crippen LogP contribution in [0.2, 0.25) is 0 Å². The van der Waals surface area contributed by atoms with E-state index in [0.29, 0.717) is 26.7 Å². The molecule has 3 aromatic heterocycles. The van der Waals surface area contributed by atoms with Gasteiger partial charge in [-0.1, -0.05) is 11.3 Å². The molecule has 43 heavy (non-hydrogen) atoms. The lowest BCUT2D eigenvalue weighted by Crippen LogP contribution is -2.47. The lowest BCUT2D eigenvalue weighted by atomic mass is 9.97. The van der Waals surface area contributed by atoms with E-state index in [0.717, 1.165) is 15.9 Å². The second-order valence-corrected chi connectivity index (χ2v) is 12.1. The fourth-order valence-corrected chi connectivity index (χ4v) is 5.81. The van der Waals surface area contributed by atoms with Crippen LogP contribution in [0.25, 0.3) is 15.2 Å². The van der Waals surface area contributed by atoms with E-state index in [-0.39, 0.29) is 24.6 Å². The lowest BCUT2D eigenvalue weighted by Gasteiger charge is -2.26. The Labute approximate surface area is 251 Å². The summed E-state index contributed by atoms with van der Waals surface area (Å²) in [5.74, 6) is -0.742. The quantitative estimate of drug-likeness (QED) is 0.270. The predicted octanol–water partition coefficient (Wildman–Crippen LogP) is 3.65. The summed E-state index contributed by atoms with van der Waals surface area (Å²) in [6, 6.07) is 4.74. The number of benzene rings is 1. The van der Waals surface area contributed by atoms with Crippen LogP contribution >= 0.6 is 11.3 Å². The fourth-order valence-electron chi connectivity index (χ4n) is 4.59. The van der Waals surface area contributed by atoms with Gasteiger partial charge in [-0.3, -0.25) is 14.2 Å². The summed E-state index contributed by atoms with van der Waals surface area (Å²) in [4.78, 5) is 42.8. The van der Waals surface area contributed by atoms with E-state index in [2.05, 4.69) is 21.6 Å². The third-order valence-corrected chi connectivity index (χ3v) is 8.13. The molecule has 0 saturated heterocycles. The molecular weight excluding hydrogens is 577 g/mol. The maximum atomic E-state index is 14.5. The van der Waals surface area contributed by atoms with Gasteiger partial charge in [0.1, 0.15) is 33.5 Å². The van der Waals surface area contributed by atoms with Crippen LogP contribution in [0.15, 0.2) is 40.2 Å². The Morgan fingerprint density at radius 3 is 2.49 bits per heavy atom. The lowest BCUT2D eigenvalue weighted by molar-refractivity contribution is -0.124. The van der Waals surface area contributed by atoms with Gasteiger partial charge in [0.2, 0.25) is 5.91 Å². The summed E-state index contributed by atoms with van der Waals surface area (Å²) >= 11 is 1.13. The SMILES string of the molecule is COc1ccc(F)cc1[C@H](Cn1c(=O)n([C@H](C)C(=O)NC(C)C)c(=O)c2c(C)c(-n3nccn3)sc21)OCC(C)(C)C#N. The standard InChI is InChI=1S/C29H34FN7O5S/c1-16(2)34-24(38)18(4)36-25(39)23-17(3)26(37-32-10-11-33-37)43-27(23)35(28(36)40)13-22(42-15-29(5,6)14-31)20-12-19(30)8-9-21(20)41-7/h8-12,16,18,22H,13,15H2,1-7H3,(H,34,38)/t18-,22+/m1/s1. The summed E-state index contributed by atoms with van der Waals surface area (Å²) in [5.41, 5.74) is -1.47. The molecule has 1 amide bonds. The molecule has 12 nitrogen and oxygen atoms in total. The van der Waals surface area contributed by atoms with Crippen molar-refractivity contribution >= 4 is 27.5 Å². The summed E-state index contributed by atoms with van der Waals surface area (Å²) in [6.45, 7) is 9.89. The molecule has 0 bridgehead atoms. The Bertz CT molecular complexity index is 1800. The van der Waals surface area contributed by atoms with Gasteiger partial charge in [-0.2, -0.15) is 15.5 Å². The Balaban J connectivity index is 2.00. The van der Waals surface area contributed by atoms with Gasteiger partial charge in [-0.05, 0) is 59.7 Å². The number of carbonyl (C=O) groups is 1. The van der Waals surface area contributed by atoms with Crippen molar-refractivity contribution in [3.63, 3.8) is 0 Å². The topological polar surface area (TPSA) is 146 Å². The van der Waals surface area contributed by atoms with E-state index in [4.69, 9.17) is 9.47 Å². The van der Waals surface area contributed by atoms with Crippen molar-refractivity contribution in [1.82, 2.24) is 29.4 Å². The number of methoxy groups -OCH3 is 1. The number of thiophene rings is 1. The molecule has 0 saturated carbocycles. The molecule has 0 fully saturated rings. The number of aromatic nitrogens is 5. The van der Waals surface area contributed by atoms with Gasteiger partial charge in [0.25, 0.3) is 5.56 Å². The van der Waals surface area contributed by atoms with E-state index in [1.807, 2.05) is 0 Å². The average Bonchev–Trinajstić information content (AvgIpc) is 3.60. The molecule has 14 heteroatoms. The first-order valence-corrected chi connectivity index (χ1v) is 14.4. The molecule has 0 aliphatic heterocycles. The van der Waals surface area contributed by atoms with Crippen LogP contribution < -0.4 is 21.3 Å².